The molecule has 0 rings (SSSR count). The van der Waals surface area contributed by atoms with Crippen molar-refractivity contribution >= 4 is 12.0 Å². The summed E-state index contributed by atoms with van der Waals surface area (Å²) in [6.45, 7) is 4.08. The Morgan fingerprint density at radius 3 is 2.57 bits per heavy atom. The van der Waals surface area contributed by atoms with Gasteiger partial charge in [0, 0.05) is 13.6 Å². The number of esters is 1. The molecule has 0 saturated carbocycles. The summed E-state index contributed by atoms with van der Waals surface area (Å²) < 4.78 is 5.00. The molecule has 14 heavy (non-hydrogen) atoms. The standard InChI is InChI=1S/C9H18N2O3/c1-4-7(2)14-8(12)5-6-11-9(13)10-3/h7H,4-6H2,1-3H3,(H2,10,11,13). The van der Waals surface area contributed by atoms with E-state index in [1.54, 1.807) is 0 Å². The molecule has 0 aromatic carbocycles. The van der Waals surface area contributed by atoms with E-state index in [0.29, 0.717) is 6.54 Å². The number of amides is 2. The van der Waals surface area contributed by atoms with Gasteiger partial charge in [0.25, 0.3) is 0 Å². The van der Waals surface area contributed by atoms with Gasteiger partial charge in [-0.2, -0.15) is 0 Å². The highest BCUT2D eigenvalue weighted by molar-refractivity contribution is 5.75. The molecular formula is C9H18N2O3. The number of carbonyl (C=O) groups excluding carboxylic acids is 2. The topological polar surface area (TPSA) is 67.4 Å². The van der Waals surface area contributed by atoms with E-state index in [4.69, 9.17) is 4.74 Å². The lowest BCUT2D eigenvalue weighted by Crippen LogP contribution is -2.34. The van der Waals surface area contributed by atoms with E-state index in [1.807, 2.05) is 13.8 Å². The number of hydrogen-bond acceptors (Lipinski definition) is 3. The zero-order valence-electron chi connectivity index (χ0n) is 8.92. The maximum atomic E-state index is 11.1. The van der Waals surface area contributed by atoms with Crippen LogP contribution >= 0.6 is 0 Å². The largest absolute Gasteiger partial charge is 0.463 e. The fourth-order valence-corrected chi connectivity index (χ4v) is 0.733. The molecule has 0 aliphatic carbocycles. The molecule has 1 atom stereocenters. The first kappa shape index (κ1) is 12.7. The van der Waals surface area contributed by atoms with Crippen molar-refractivity contribution in [3.63, 3.8) is 0 Å². The van der Waals surface area contributed by atoms with Crippen LogP contribution in [-0.4, -0.2) is 31.7 Å². The molecule has 5 heteroatoms. The molecule has 0 aliphatic rings. The number of urea groups is 1. The predicted octanol–water partition coefficient (Wildman–Crippen LogP) is 0.647. The van der Waals surface area contributed by atoms with E-state index in [1.165, 1.54) is 7.05 Å². The number of nitrogens with one attached hydrogen (secondary N) is 2. The van der Waals surface area contributed by atoms with Crippen LogP contribution in [-0.2, 0) is 9.53 Å². The summed E-state index contributed by atoms with van der Waals surface area (Å²) in [6.07, 6.45) is 0.953. The Kier molecular flexibility index (Phi) is 6.53. The van der Waals surface area contributed by atoms with Gasteiger partial charge in [-0.05, 0) is 13.3 Å². The van der Waals surface area contributed by atoms with Crippen LogP contribution in [0.5, 0.6) is 0 Å². The summed E-state index contributed by atoms with van der Waals surface area (Å²) in [7, 11) is 1.52. The SMILES string of the molecule is CCC(C)OC(=O)CCNC(=O)NC. The molecule has 0 radical (unpaired) electrons. The van der Waals surface area contributed by atoms with Crippen molar-refractivity contribution in [1.82, 2.24) is 10.6 Å². The third kappa shape index (κ3) is 6.28. The second kappa shape index (κ2) is 7.17. The predicted molar refractivity (Wildman–Crippen MR) is 52.9 cm³/mol. The quantitative estimate of drug-likeness (QED) is 0.643. The third-order valence-corrected chi connectivity index (χ3v) is 1.75. The highest BCUT2D eigenvalue weighted by Gasteiger charge is 2.07. The molecule has 82 valence electrons. The molecule has 0 aromatic heterocycles. The molecule has 0 aliphatic heterocycles. The molecule has 0 heterocycles. The molecule has 2 amide bonds. The normalized spacial score (nSPS) is 11.6. The van der Waals surface area contributed by atoms with Gasteiger partial charge in [-0.25, -0.2) is 4.79 Å². The van der Waals surface area contributed by atoms with Gasteiger partial charge < -0.3 is 15.4 Å². The Bertz CT molecular complexity index is 194. The fraction of sp³-hybridized carbons (Fsp3) is 0.778. The van der Waals surface area contributed by atoms with Crippen LogP contribution < -0.4 is 10.6 Å². The summed E-state index contributed by atoms with van der Waals surface area (Å²) in [6, 6.07) is -0.290. The van der Waals surface area contributed by atoms with E-state index in [0.717, 1.165) is 6.42 Å². The zero-order chi connectivity index (χ0) is 11.0. The third-order valence-electron chi connectivity index (χ3n) is 1.75. The van der Waals surface area contributed by atoms with Crippen LogP contribution in [0.25, 0.3) is 0 Å². The zero-order valence-corrected chi connectivity index (χ0v) is 8.92. The number of hydrogen-bond donors (Lipinski definition) is 2. The van der Waals surface area contributed by atoms with Crippen LogP contribution in [0.15, 0.2) is 0 Å². The Labute approximate surface area is 84.2 Å². The van der Waals surface area contributed by atoms with Crippen molar-refractivity contribution in [2.24, 2.45) is 0 Å². The first-order chi connectivity index (χ1) is 6.60. The maximum absolute atomic E-state index is 11.1. The van der Waals surface area contributed by atoms with E-state index < -0.39 is 0 Å². The van der Waals surface area contributed by atoms with Gasteiger partial charge in [0.1, 0.15) is 0 Å². The number of rotatable bonds is 5. The van der Waals surface area contributed by atoms with Gasteiger partial charge in [0.15, 0.2) is 0 Å². The molecule has 0 spiro atoms. The van der Waals surface area contributed by atoms with Gasteiger partial charge >= 0.3 is 12.0 Å². The first-order valence-corrected chi connectivity index (χ1v) is 4.75. The van der Waals surface area contributed by atoms with Crippen molar-refractivity contribution in [2.75, 3.05) is 13.6 Å². The van der Waals surface area contributed by atoms with Gasteiger partial charge in [0.2, 0.25) is 0 Å². The maximum Gasteiger partial charge on any atom is 0.314 e. The molecule has 0 bridgehead atoms. The average molecular weight is 202 g/mol. The smallest absolute Gasteiger partial charge is 0.314 e. The van der Waals surface area contributed by atoms with E-state index >= 15 is 0 Å². The lowest BCUT2D eigenvalue weighted by molar-refractivity contribution is -0.148. The average Bonchev–Trinajstić information content (AvgIpc) is 2.17. The Balaban J connectivity index is 3.49. The summed E-state index contributed by atoms with van der Waals surface area (Å²) in [5.41, 5.74) is 0. The Morgan fingerprint density at radius 1 is 1.43 bits per heavy atom. The van der Waals surface area contributed by atoms with Crippen LogP contribution in [0.1, 0.15) is 26.7 Å². The number of ether oxygens (including phenoxy) is 1. The number of carbonyl (C=O) groups is 2. The van der Waals surface area contributed by atoms with Gasteiger partial charge in [0.05, 0.1) is 12.5 Å². The second-order valence-corrected chi connectivity index (χ2v) is 2.96. The highest BCUT2D eigenvalue weighted by atomic mass is 16.5. The molecule has 2 N–H and O–H groups in total. The van der Waals surface area contributed by atoms with Crippen molar-refractivity contribution in [3.05, 3.63) is 0 Å². The molecule has 0 fully saturated rings. The molecule has 0 saturated heterocycles. The monoisotopic (exact) mass is 202 g/mol. The summed E-state index contributed by atoms with van der Waals surface area (Å²) in [5.74, 6) is -0.282. The van der Waals surface area contributed by atoms with E-state index in [-0.39, 0.29) is 24.5 Å². The van der Waals surface area contributed by atoms with Crippen molar-refractivity contribution in [2.45, 2.75) is 32.8 Å². The van der Waals surface area contributed by atoms with Crippen LogP contribution in [0.3, 0.4) is 0 Å². The van der Waals surface area contributed by atoms with Crippen LogP contribution in [0, 0.1) is 0 Å². The molecular weight excluding hydrogens is 184 g/mol. The second-order valence-electron chi connectivity index (χ2n) is 2.96. The van der Waals surface area contributed by atoms with Crippen molar-refractivity contribution in [1.29, 1.82) is 0 Å². The summed E-state index contributed by atoms with van der Waals surface area (Å²) in [4.78, 5) is 21.8. The minimum atomic E-state index is -0.290. The fourth-order valence-electron chi connectivity index (χ4n) is 0.733. The highest BCUT2D eigenvalue weighted by Crippen LogP contribution is 1.97. The molecule has 0 aromatic rings. The molecule has 5 nitrogen and oxygen atoms in total. The van der Waals surface area contributed by atoms with E-state index in [9.17, 15) is 9.59 Å². The Morgan fingerprint density at radius 2 is 2.07 bits per heavy atom. The van der Waals surface area contributed by atoms with Crippen LogP contribution in [0.2, 0.25) is 0 Å². The van der Waals surface area contributed by atoms with Crippen molar-refractivity contribution < 1.29 is 14.3 Å². The van der Waals surface area contributed by atoms with Crippen LogP contribution in [0.4, 0.5) is 4.79 Å². The van der Waals surface area contributed by atoms with E-state index in [2.05, 4.69) is 10.6 Å². The minimum absolute atomic E-state index is 0.0532. The van der Waals surface area contributed by atoms with Gasteiger partial charge in [-0.1, -0.05) is 6.92 Å². The summed E-state index contributed by atoms with van der Waals surface area (Å²) >= 11 is 0. The molecule has 1 unspecified atom stereocenters. The Hall–Kier alpha value is -1.26. The lowest BCUT2D eigenvalue weighted by Gasteiger charge is -2.10. The van der Waals surface area contributed by atoms with Gasteiger partial charge in [-0.3, -0.25) is 4.79 Å². The lowest BCUT2D eigenvalue weighted by atomic mass is 10.3. The van der Waals surface area contributed by atoms with Gasteiger partial charge in [-0.15, -0.1) is 0 Å². The summed E-state index contributed by atoms with van der Waals surface area (Å²) in [5, 5.41) is 4.89. The first-order valence-electron chi connectivity index (χ1n) is 4.75. The minimum Gasteiger partial charge on any atom is -0.463 e. The van der Waals surface area contributed by atoms with Crippen molar-refractivity contribution in [3.8, 4) is 0 Å².